The number of hydrazine groups is 1. The van der Waals surface area contributed by atoms with Crippen LogP contribution in [0.2, 0.25) is 0 Å². The molecule has 0 aliphatic carbocycles. The Morgan fingerprint density at radius 1 is 1.17 bits per heavy atom. The van der Waals surface area contributed by atoms with Gasteiger partial charge in [0, 0.05) is 17.2 Å². The monoisotopic (exact) mass is 353 g/mol. The number of benzene rings is 2. The third kappa shape index (κ3) is 3.91. The lowest BCUT2D eigenvalue weighted by molar-refractivity contribution is -0.385. The summed E-state index contributed by atoms with van der Waals surface area (Å²) >= 11 is 0. The molecule has 0 aliphatic heterocycles. The molecule has 0 saturated carbocycles. The van der Waals surface area contributed by atoms with Crippen LogP contribution < -0.4 is 10.3 Å². The third-order valence-corrected chi connectivity index (χ3v) is 4.34. The molecule has 0 radical (unpaired) electrons. The van der Waals surface area contributed by atoms with E-state index in [0.29, 0.717) is 5.56 Å². The maximum absolute atomic E-state index is 12.8. The Kier molecular flexibility index (Phi) is 4.90. The van der Waals surface area contributed by atoms with Gasteiger partial charge in [-0.1, -0.05) is 6.07 Å². The number of nitrogens with zero attached hydrogens (tertiary/aromatic N) is 1. The number of hydrogen-bond acceptors (Lipinski definition) is 5. The van der Waals surface area contributed by atoms with E-state index in [1.165, 1.54) is 31.2 Å². The average molecular weight is 353 g/mol. The van der Waals surface area contributed by atoms with Crippen LogP contribution in [0.3, 0.4) is 0 Å². The number of aryl methyl sites for hydroxylation is 1. The fourth-order valence-corrected chi connectivity index (χ4v) is 2.66. The number of carbonyl (C=O) groups is 1. The highest BCUT2D eigenvalue weighted by Gasteiger charge is 2.20. The number of halogens is 1. The Morgan fingerprint density at radius 2 is 1.79 bits per heavy atom. The first-order valence-electron chi connectivity index (χ1n) is 6.53. The molecule has 10 heteroatoms. The summed E-state index contributed by atoms with van der Waals surface area (Å²) in [5, 5.41) is 10.9. The number of carbonyl (C=O) groups excluding carboxylic acids is 1. The van der Waals surface area contributed by atoms with Gasteiger partial charge in [0.05, 0.1) is 9.82 Å². The van der Waals surface area contributed by atoms with E-state index < -0.39 is 26.7 Å². The molecule has 0 atom stereocenters. The van der Waals surface area contributed by atoms with Crippen molar-refractivity contribution in [2.45, 2.75) is 11.8 Å². The molecule has 0 heterocycles. The zero-order valence-corrected chi connectivity index (χ0v) is 13.1. The normalized spacial score (nSPS) is 11.1. The van der Waals surface area contributed by atoms with Gasteiger partial charge in [-0.15, -0.1) is 4.83 Å². The third-order valence-electron chi connectivity index (χ3n) is 3.09. The van der Waals surface area contributed by atoms with Crippen LogP contribution in [0.25, 0.3) is 0 Å². The summed E-state index contributed by atoms with van der Waals surface area (Å²) in [6.45, 7) is 1.47. The SMILES string of the molecule is Cc1ccc(S(=O)(=O)NNC(=O)c2ccc(F)cc2)cc1[N+](=O)[O-]. The molecule has 2 N–H and O–H groups in total. The Morgan fingerprint density at radius 3 is 2.38 bits per heavy atom. The predicted molar refractivity (Wildman–Crippen MR) is 82.0 cm³/mol. The van der Waals surface area contributed by atoms with E-state index in [0.717, 1.165) is 18.2 Å². The van der Waals surface area contributed by atoms with Gasteiger partial charge in [-0.05, 0) is 37.3 Å². The molecule has 2 aromatic carbocycles. The van der Waals surface area contributed by atoms with Crippen LogP contribution >= 0.6 is 0 Å². The molecule has 0 fully saturated rings. The first-order valence-corrected chi connectivity index (χ1v) is 8.02. The molecule has 0 bridgehead atoms. The molecule has 24 heavy (non-hydrogen) atoms. The second-order valence-electron chi connectivity index (χ2n) is 4.77. The van der Waals surface area contributed by atoms with Crippen molar-refractivity contribution < 1.29 is 22.5 Å². The number of nitrogens with one attached hydrogen (secondary N) is 2. The van der Waals surface area contributed by atoms with Gasteiger partial charge in [0.2, 0.25) is 0 Å². The molecule has 0 aromatic heterocycles. The summed E-state index contributed by atoms with van der Waals surface area (Å²) in [5.74, 6) is -1.35. The van der Waals surface area contributed by atoms with Crippen LogP contribution in [-0.4, -0.2) is 19.2 Å². The molecule has 0 saturated heterocycles. The molecule has 8 nitrogen and oxygen atoms in total. The van der Waals surface area contributed by atoms with Gasteiger partial charge in [-0.25, -0.2) is 12.8 Å². The Hall–Kier alpha value is -2.85. The highest BCUT2D eigenvalue weighted by Crippen LogP contribution is 2.21. The van der Waals surface area contributed by atoms with Crippen molar-refractivity contribution in [3.8, 4) is 0 Å². The van der Waals surface area contributed by atoms with Gasteiger partial charge in [-0.2, -0.15) is 0 Å². The molecule has 2 aromatic rings. The fraction of sp³-hybridized carbons (Fsp3) is 0.0714. The zero-order chi connectivity index (χ0) is 17.9. The number of nitro groups is 1. The van der Waals surface area contributed by atoms with Gasteiger partial charge in [0.1, 0.15) is 5.82 Å². The smallest absolute Gasteiger partial charge is 0.273 e. The van der Waals surface area contributed by atoms with Crippen molar-refractivity contribution in [2.24, 2.45) is 0 Å². The van der Waals surface area contributed by atoms with Gasteiger partial charge in [-0.3, -0.25) is 20.3 Å². The standard InChI is InChI=1S/C14H12FN3O5S/c1-9-2-7-12(8-13(9)18(20)21)24(22,23)17-16-14(19)10-3-5-11(15)6-4-10/h2-8,17H,1H3,(H,16,19). The fourth-order valence-electron chi connectivity index (χ4n) is 1.80. The van der Waals surface area contributed by atoms with Crippen molar-refractivity contribution in [3.05, 3.63) is 69.5 Å². The van der Waals surface area contributed by atoms with Crippen molar-refractivity contribution in [1.82, 2.24) is 10.3 Å². The van der Waals surface area contributed by atoms with Crippen molar-refractivity contribution >= 4 is 21.6 Å². The van der Waals surface area contributed by atoms with E-state index in [2.05, 4.69) is 0 Å². The predicted octanol–water partition coefficient (Wildman–Crippen LogP) is 1.67. The van der Waals surface area contributed by atoms with Crippen LogP contribution in [0.15, 0.2) is 47.4 Å². The number of nitro benzene ring substituents is 1. The lowest BCUT2D eigenvalue weighted by atomic mass is 10.2. The summed E-state index contributed by atoms with van der Waals surface area (Å²) in [7, 11) is -4.20. The molecule has 2 rings (SSSR count). The van der Waals surface area contributed by atoms with E-state index in [4.69, 9.17) is 0 Å². The highest BCUT2D eigenvalue weighted by atomic mass is 32.2. The summed E-state index contributed by atoms with van der Waals surface area (Å²) in [5.41, 5.74) is 1.93. The lowest BCUT2D eigenvalue weighted by Crippen LogP contribution is -2.41. The van der Waals surface area contributed by atoms with Crippen molar-refractivity contribution in [2.75, 3.05) is 0 Å². The van der Waals surface area contributed by atoms with Crippen molar-refractivity contribution in [1.29, 1.82) is 0 Å². The molecule has 0 aliphatic rings. The Balaban J connectivity index is 2.17. The largest absolute Gasteiger partial charge is 0.273 e. The molecule has 126 valence electrons. The van der Waals surface area contributed by atoms with Gasteiger partial charge in [0.15, 0.2) is 0 Å². The van der Waals surface area contributed by atoms with Crippen LogP contribution in [0.5, 0.6) is 0 Å². The maximum atomic E-state index is 12.8. The Bertz CT molecular complexity index is 897. The number of sulfonamides is 1. The van der Waals surface area contributed by atoms with E-state index in [-0.39, 0.29) is 16.1 Å². The molecule has 0 spiro atoms. The number of rotatable bonds is 5. The molecule has 1 amide bonds. The minimum Gasteiger partial charge on any atom is -0.273 e. The van der Waals surface area contributed by atoms with Crippen LogP contribution in [0, 0.1) is 22.9 Å². The first kappa shape index (κ1) is 17.5. The van der Waals surface area contributed by atoms with Gasteiger partial charge in [0.25, 0.3) is 21.6 Å². The summed E-state index contributed by atoms with van der Waals surface area (Å²) < 4.78 is 37.0. The topological polar surface area (TPSA) is 118 Å². The zero-order valence-electron chi connectivity index (χ0n) is 12.3. The van der Waals surface area contributed by atoms with Crippen molar-refractivity contribution in [3.63, 3.8) is 0 Å². The van der Waals surface area contributed by atoms with Crippen LogP contribution in [0.4, 0.5) is 10.1 Å². The number of amides is 1. The van der Waals surface area contributed by atoms with E-state index >= 15 is 0 Å². The lowest BCUT2D eigenvalue weighted by Gasteiger charge is -2.09. The highest BCUT2D eigenvalue weighted by molar-refractivity contribution is 7.89. The second kappa shape index (κ2) is 6.72. The summed E-state index contributed by atoms with van der Waals surface area (Å²) in [6.07, 6.45) is 0. The van der Waals surface area contributed by atoms with E-state index in [1.54, 1.807) is 0 Å². The second-order valence-corrected chi connectivity index (χ2v) is 6.45. The average Bonchev–Trinajstić information content (AvgIpc) is 2.53. The molecular weight excluding hydrogens is 341 g/mol. The van der Waals surface area contributed by atoms with E-state index in [1.807, 2.05) is 10.3 Å². The molecule has 0 unspecified atom stereocenters. The van der Waals surface area contributed by atoms with E-state index in [9.17, 15) is 27.7 Å². The number of hydrogen-bond donors (Lipinski definition) is 2. The minimum absolute atomic E-state index is 0.0361. The van der Waals surface area contributed by atoms with Gasteiger partial charge < -0.3 is 0 Å². The van der Waals surface area contributed by atoms with Gasteiger partial charge >= 0.3 is 0 Å². The molecular formula is C14H12FN3O5S. The van der Waals surface area contributed by atoms with Crippen LogP contribution in [0.1, 0.15) is 15.9 Å². The summed E-state index contributed by atoms with van der Waals surface area (Å²) in [6, 6.07) is 7.80. The van der Waals surface area contributed by atoms with Crippen LogP contribution in [-0.2, 0) is 10.0 Å². The maximum Gasteiger partial charge on any atom is 0.273 e. The summed E-state index contributed by atoms with van der Waals surface area (Å²) in [4.78, 5) is 23.4. The Labute approximate surface area is 136 Å². The quantitative estimate of drug-likeness (QED) is 0.626. The minimum atomic E-state index is -4.20. The first-order chi connectivity index (χ1) is 11.2.